The quantitative estimate of drug-likeness (QED) is 0.644. The van der Waals surface area contributed by atoms with Crippen LogP contribution in [0.5, 0.6) is 0 Å². The van der Waals surface area contributed by atoms with Gasteiger partial charge in [0.15, 0.2) is 0 Å². The van der Waals surface area contributed by atoms with Crippen LogP contribution in [0.25, 0.3) is 0 Å². The van der Waals surface area contributed by atoms with Crippen LogP contribution < -0.4 is 0 Å². The second-order valence-corrected chi connectivity index (χ2v) is 15.9. The fourth-order valence-corrected chi connectivity index (χ4v) is 17.8. The van der Waals surface area contributed by atoms with Crippen molar-refractivity contribution in [1.82, 2.24) is 0 Å². The van der Waals surface area contributed by atoms with Gasteiger partial charge in [-0.2, -0.15) is 33.6 Å². The van der Waals surface area contributed by atoms with Crippen molar-refractivity contribution in [3.63, 3.8) is 0 Å². The smallest absolute Gasteiger partial charge is 0.159 e. The fraction of sp³-hybridized carbons (Fsp3) is 1.00. The highest BCUT2D eigenvalue weighted by Gasteiger charge is 2.19. The van der Waals surface area contributed by atoms with Crippen LogP contribution in [0.15, 0.2) is 0 Å². The Bertz CT molecular complexity index is 102. The van der Waals surface area contributed by atoms with Crippen LogP contribution in [0.4, 0.5) is 0 Å². The molecule has 0 spiro atoms. The zero-order valence-corrected chi connectivity index (χ0v) is 12.9. The molecule has 0 atom stereocenters. The maximum absolute atomic E-state index is 2.30. The van der Waals surface area contributed by atoms with E-state index >= 15 is 0 Å². The summed E-state index contributed by atoms with van der Waals surface area (Å²) in [6.45, 7) is 13.8. The van der Waals surface area contributed by atoms with Crippen molar-refractivity contribution in [3.8, 4) is 0 Å². The summed E-state index contributed by atoms with van der Waals surface area (Å²) in [5, 5.41) is 2.35. The Balaban J connectivity index is 3.87. The SMILES string of the molecule is CC(C)S[Si](SC(C)C)SC(C)C. The predicted octanol–water partition coefficient (Wildman–Crippen LogP) is 4.40. The second-order valence-electron chi connectivity index (χ2n) is 3.75. The lowest BCUT2D eigenvalue weighted by Crippen LogP contribution is -2.10. The summed E-state index contributed by atoms with van der Waals surface area (Å²) in [4.78, 5) is 0. The van der Waals surface area contributed by atoms with Gasteiger partial charge in [0.2, 0.25) is 0 Å². The molecule has 0 N–H and O–H groups in total. The molecule has 4 heteroatoms. The molecule has 0 heterocycles. The Morgan fingerprint density at radius 3 is 1.00 bits per heavy atom. The van der Waals surface area contributed by atoms with Crippen LogP contribution in [-0.2, 0) is 0 Å². The van der Waals surface area contributed by atoms with E-state index < -0.39 is 0 Å². The van der Waals surface area contributed by atoms with E-state index in [1.807, 2.05) is 0 Å². The van der Waals surface area contributed by atoms with Crippen molar-refractivity contribution in [2.24, 2.45) is 0 Å². The van der Waals surface area contributed by atoms with Crippen LogP contribution in [0.2, 0.25) is 0 Å². The van der Waals surface area contributed by atoms with Crippen LogP contribution >= 0.6 is 33.6 Å². The van der Waals surface area contributed by atoms with Crippen molar-refractivity contribution >= 4 is 39.9 Å². The average molecular weight is 254 g/mol. The second kappa shape index (κ2) is 7.54. The van der Waals surface area contributed by atoms with Gasteiger partial charge in [-0.1, -0.05) is 41.5 Å². The number of rotatable bonds is 6. The Hall–Kier alpha value is 1.27. The molecule has 0 aromatic heterocycles. The normalized spacial score (nSPS) is 12.5. The molecule has 0 saturated heterocycles. The van der Waals surface area contributed by atoms with Crippen molar-refractivity contribution in [2.75, 3.05) is 0 Å². The first kappa shape index (κ1) is 14.3. The molecule has 0 rings (SSSR count). The van der Waals surface area contributed by atoms with E-state index in [0.29, 0.717) is 0 Å². The predicted molar refractivity (Wildman–Crippen MR) is 73.9 cm³/mol. The zero-order valence-electron chi connectivity index (χ0n) is 9.46. The van der Waals surface area contributed by atoms with E-state index in [2.05, 4.69) is 75.2 Å². The lowest BCUT2D eigenvalue weighted by atomic mass is 10.6. The van der Waals surface area contributed by atoms with Gasteiger partial charge in [0.05, 0.1) is 0 Å². The van der Waals surface area contributed by atoms with Gasteiger partial charge in [0.1, 0.15) is 0 Å². The van der Waals surface area contributed by atoms with E-state index in [1.165, 1.54) is 0 Å². The van der Waals surface area contributed by atoms with Crippen LogP contribution in [0.3, 0.4) is 0 Å². The molecule has 0 fully saturated rings. The molecule has 0 aliphatic carbocycles. The molecule has 0 amide bonds. The first-order valence-electron chi connectivity index (χ1n) is 4.78. The summed E-state index contributed by atoms with van der Waals surface area (Å²) in [5.74, 6) is 0. The Morgan fingerprint density at radius 2 is 0.846 bits per heavy atom. The summed E-state index contributed by atoms with van der Waals surface area (Å²) in [6, 6.07) is 0. The Morgan fingerprint density at radius 1 is 0.615 bits per heavy atom. The lowest BCUT2D eigenvalue weighted by Gasteiger charge is -2.19. The minimum atomic E-state index is -0.293. The van der Waals surface area contributed by atoms with Crippen molar-refractivity contribution in [1.29, 1.82) is 0 Å². The summed E-state index contributed by atoms with van der Waals surface area (Å²) in [6.07, 6.45) is -0.293. The highest BCUT2D eigenvalue weighted by Crippen LogP contribution is 2.36. The largest absolute Gasteiger partial charge is 0.261 e. The molecule has 0 aliphatic rings. The third-order valence-electron chi connectivity index (χ3n) is 0.996. The number of hydrogen-bond donors (Lipinski definition) is 0. The first-order chi connectivity index (χ1) is 5.91. The average Bonchev–Trinajstić information content (AvgIpc) is 1.80. The van der Waals surface area contributed by atoms with Crippen molar-refractivity contribution in [3.05, 3.63) is 0 Å². The fourth-order valence-electron chi connectivity index (χ4n) is 0.661. The summed E-state index contributed by atoms with van der Waals surface area (Å²) in [7, 11) is 0. The molecule has 0 aromatic rings. The monoisotopic (exact) mass is 253 g/mol. The minimum Gasteiger partial charge on any atom is -0.159 e. The van der Waals surface area contributed by atoms with E-state index in [-0.39, 0.29) is 6.25 Å². The molecule has 79 valence electrons. The van der Waals surface area contributed by atoms with Gasteiger partial charge in [0.25, 0.3) is 6.25 Å². The molecule has 0 saturated carbocycles. The van der Waals surface area contributed by atoms with Gasteiger partial charge in [-0.05, 0) is 15.7 Å². The van der Waals surface area contributed by atoms with Crippen molar-refractivity contribution < 1.29 is 0 Å². The van der Waals surface area contributed by atoms with Crippen LogP contribution in [-0.4, -0.2) is 22.0 Å². The molecular formula is C9H21S3Si. The molecule has 0 nitrogen and oxygen atoms in total. The highest BCUT2D eigenvalue weighted by atomic mass is 32.8. The highest BCUT2D eigenvalue weighted by molar-refractivity contribution is 8.77. The Labute approximate surface area is 96.9 Å². The molecule has 0 unspecified atom stereocenters. The van der Waals surface area contributed by atoms with E-state index in [4.69, 9.17) is 0 Å². The molecule has 13 heavy (non-hydrogen) atoms. The summed E-state index contributed by atoms with van der Waals surface area (Å²) >= 11 is 6.55. The van der Waals surface area contributed by atoms with Gasteiger partial charge in [-0.3, -0.25) is 0 Å². The minimum absolute atomic E-state index is 0.293. The van der Waals surface area contributed by atoms with Gasteiger partial charge in [0, 0.05) is 0 Å². The van der Waals surface area contributed by atoms with Gasteiger partial charge < -0.3 is 0 Å². The third-order valence-corrected chi connectivity index (χ3v) is 14.2. The summed E-state index contributed by atoms with van der Waals surface area (Å²) in [5.41, 5.74) is 0. The van der Waals surface area contributed by atoms with Gasteiger partial charge >= 0.3 is 0 Å². The molecular weight excluding hydrogens is 232 g/mol. The maximum Gasteiger partial charge on any atom is 0.261 e. The van der Waals surface area contributed by atoms with E-state index in [0.717, 1.165) is 15.7 Å². The maximum atomic E-state index is 2.30. The molecule has 0 aromatic carbocycles. The third kappa shape index (κ3) is 9.57. The molecule has 0 bridgehead atoms. The number of hydrogen-bond acceptors (Lipinski definition) is 3. The van der Waals surface area contributed by atoms with Gasteiger partial charge in [-0.25, -0.2) is 0 Å². The van der Waals surface area contributed by atoms with Crippen LogP contribution in [0.1, 0.15) is 41.5 Å². The van der Waals surface area contributed by atoms with Crippen molar-refractivity contribution in [2.45, 2.75) is 57.3 Å². The Kier molecular flexibility index (Phi) is 8.28. The lowest BCUT2D eigenvalue weighted by molar-refractivity contribution is 1.12. The standard InChI is InChI=1S/C9H21S3Si/c1-7(2)10-13(11-8(3)4)12-9(5)6/h7-9H,1-6H3. The van der Waals surface area contributed by atoms with E-state index in [9.17, 15) is 0 Å². The summed E-state index contributed by atoms with van der Waals surface area (Å²) < 4.78 is 0. The van der Waals surface area contributed by atoms with E-state index in [1.54, 1.807) is 0 Å². The molecule has 1 radical (unpaired) electrons. The molecule has 0 aliphatic heterocycles. The van der Waals surface area contributed by atoms with Crippen LogP contribution in [0, 0.1) is 0 Å². The zero-order chi connectivity index (χ0) is 10.4. The van der Waals surface area contributed by atoms with Gasteiger partial charge in [-0.15, -0.1) is 0 Å². The first-order valence-corrected chi connectivity index (χ1v) is 11.1. The topological polar surface area (TPSA) is 0 Å².